The van der Waals surface area contributed by atoms with Crippen molar-refractivity contribution in [3.05, 3.63) is 89.2 Å². The van der Waals surface area contributed by atoms with Crippen molar-refractivity contribution in [3.63, 3.8) is 0 Å². The van der Waals surface area contributed by atoms with E-state index < -0.39 is 10.0 Å². The summed E-state index contributed by atoms with van der Waals surface area (Å²) in [7, 11) is -3.61. The number of rotatable bonds is 5. The average molecular weight is 463 g/mol. The van der Waals surface area contributed by atoms with Crippen molar-refractivity contribution in [2.75, 3.05) is 26.3 Å². The Morgan fingerprint density at radius 1 is 0.848 bits per heavy atom. The van der Waals surface area contributed by atoms with Crippen LogP contribution >= 0.6 is 0 Å². The first kappa shape index (κ1) is 21.4. The molecule has 0 spiro atoms. The lowest BCUT2D eigenvalue weighted by Crippen LogP contribution is -2.40. The number of hydrogen-bond acceptors (Lipinski definition) is 5. The molecule has 0 radical (unpaired) electrons. The number of nitrogens with zero attached hydrogens (tertiary/aromatic N) is 1. The summed E-state index contributed by atoms with van der Waals surface area (Å²) >= 11 is 0. The molecule has 0 amide bonds. The smallest absolute Gasteiger partial charge is 0.292 e. The summed E-state index contributed by atoms with van der Waals surface area (Å²) < 4.78 is 38.4. The van der Waals surface area contributed by atoms with Crippen LogP contribution in [0.3, 0.4) is 0 Å². The molecule has 0 atom stereocenters. The number of pyridine rings is 1. The molecule has 3 aromatic carbocycles. The van der Waals surface area contributed by atoms with Gasteiger partial charge in [-0.1, -0.05) is 48.5 Å². The number of sulfonamides is 1. The van der Waals surface area contributed by atoms with Crippen LogP contribution in [0.25, 0.3) is 22.0 Å². The second-order valence-corrected chi connectivity index (χ2v) is 9.60. The van der Waals surface area contributed by atoms with E-state index in [4.69, 9.17) is 9.47 Å². The Labute approximate surface area is 191 Å². The van der Waals surface area contributed by atoms with Crippen LogP contribution < -0.4 is 10.3 Å². The molecule has 4 aromatic rings. The highest BCUT2D eigenvalue weighted by molar-refractivity contribution is 7.89. The predicted octanol–water partition coefficient (Wildman–Crippen LogP) is 4.01. The Kier molecular flexibility index (Phi) is 5.72. The highest BCUT2D eigenvalue weighted by Crippen LogP contribution is 2.36. The summed E-state index contributed by atoms with van der Waals surface area (Å²) in [6, 6.07) is 23.2. The van der Waals surface area contributed by atoms with Crippen molar-refractivity contribution < 1.29 is 17.9 Å². The average Bonchev–Trinajstić information content (AvgIpc) is 2.86. The third-order valence-corrected chi connectivity index (χ3v) is 7.50. The minimum Gasteiger partial charge on any atom is -0.451 e. The molecule has 1 aliphatic heterocycles. The van der Waals surface area contributed by atoms with Gasteiger partial charge in [0.05, 0.1) is 18.1 Å². The van der Waals surface area contributed by atoms with Crippen molar-refractivity contribution in [1.82, 2.24) is 9.29 Å². The monoisotopic (exact) mass is 462 g/mol. The van der Waals surface area contributed by atoms with E-state index in [-0.39, 0.29) is 16.2 Å². The van der Waals surface area contributed by atoms with Crippen LogP contribution in [0.15, 0.2) is 88.6 Å². The van der Waals surface area contributed by atoms with Gasteiger partial charge in [0, 0.05) is 29.6 Å². The van der Waals surface area contributed by atoms with Crippen molar-refractivity contribution in [1.29, 1.82) is 0 Å². The standard InChI is InChI=1S/C25H22N2O5S/c28-25-24(23(18-6-2-1-3-7-18)21-8-4-5-9-22(21)26-25)32-19-10-12-20(13-11-19)33(29,30)27-14-16-31-17-15-27/h1-13H,14-17H2,(H,26,28). The summed E-state index contributed by atoms with van der Waals surface area (Å²) in [4.78, 5) is 16.0. The molecule has 1 fully saturated rings. The number of H-pyrrole nitrogens is 1. The fourth-order valence-electron chi connectivity index (χ4n) is 3.95. The van der Waals surface area contributed by atoms with E-state index in [9.17, 15) is 13.2 Å². The molecule has 0 unspecified atom stereocenters. The molecule has 0 bridgehead atoms. The molecule has 168 valence electrons. The number of aromatic amines is 1. The van der Waals surface area contributed by atoms with Crippen LogP contribution in [0, 0.1) is 0 Å². The molecule has 0 aliphatic carbocycles. The Bertz CT molecular complexity index is 1440. The lowest BCUT2D eigenvalue weighted by Gasteiger charge is -2.26. The van der Waals surface area contributed by atoms with Gasteiger partial charge in [-0.05, 0) is 35.9 Å². The van der Waals surface area contributed by atoms with E-state index in [1.165, 1.54) is 16.4 Å². The molecule has 5 rings (SSSR count). The number of hydrogen-bond donors (Lipinski definition) is 1. The summed E-state index contributed by atoms with van der Waals surface area (Å²) in [5.74, 6) is 0.526. The zero-order chi connectivity index (χ0) is 22.8. The predicted molar refractivity (Wildman–Crippen MR) is 126 cm³/mol. The van der Waals surface area contributed by atoms with Gasteiger partial charge in [0.2, 0.25) is 15.8 Å². The van der Waals surface area contributed by atoms with Crippen LogP contribution in [-0.2, 0) is 14.8 Å². The number of nitrogens with one attached hydrogen (secondary N) is 1. The third kappa shape index (κ3) is 4.16. The number of fused-ring (bicyclic) bond motifs is 1. The first-order valence-electron chi connectivity index (χ1n) is 10.6. The van der Waals surface area contributed by atoms with Crippen LogP contribution in [0.4, 0.5) is 0 Å². The molecular formula is C25H22N2O5S. The summed E-state index contributed by atoms with van der Waals surface area (Å²) in [5.41, 5.74) is 1.87. The molecule has 1 aromatic heterocycles. The van der Waals surface area contributed by atoms with E-state index in [0.29, 0.717) is 43.1 Å². The summed E-state index contributed by atoms with van der Waals surface area (Å²) in [6.45, 7) is 1.42. The van der Waals surface area contributed by atoms with Crippen LogP contribution in [0.5, 0.6) is 11.5 Å². The van der Waals surface area contributed by atoms with Crippen molar-refractivity contribution >= 4 is 20.9 Å². The highest BCUT2D eigenvalue weighted by atomic mass is 32.2. The normalized spacial score (nSPS) is 14.9. The van der Waals surface area contributed by atoms with Gasteiger partial charge in [-0.15, -0.1) is 0 Å². The minimum absolute atomic E-state index is 0.156. The summed E-state index contributed by atoms with van der Waals surface area (Å²) in [6.07, 6.45) is 0. The SMILES string of the molecule is O=c1[nH]c2ccccc2c(-c2ccccc2)c1Oc1ccc(S(=O)(=O)N2CCOCC2)cc1. The second kappa shape index (κ2) is 8.82. The fourth-order valence-corrected chi connectivity index (χ4v) is 5.36. The maximum absolute atomic E-state index is 13.0. The number of para-hydroxylation sites is 1. The highest BCUT2D eigenvalue weighted by Gasteiger charge is 2.26. The Morgan fingerprint density at radius 3 is 2.24 bits per heavy atom. The van der Waals surface area contributed by atoms with E-state index in [1.807, 2.05) is 54.6 Å². The molecule has 7 nitrogen and oxygen atoms in total. The largest absolute Gasteiger partial charge is 0.451 e. The molecule has 0 saturated carbocycles. The number of morpholine rings is 1. The molecule has 1 N–H and O–H groups in total. The van der Waals surface area contributed by atoms with Crippen LogP contribution in [0.1, 0.15) is 0 Å². The van der Waals surface area contributed by atoms with E-state index in [1.54, 1.807) is 12.1 Å². The van der Waals surface area contributed by atoms with Crippen LogP contribution in [-0.4, -0.2) is 44.0 Å². The van der Waals surface area contributed by atoms with Gasteiger partial charge in [-0.3, -0.25) is 4.79 Å². The van der Waals surface area contributed by atoms with Crippen molar-refractivity contribution in [2.45, 2.75) is 4.90 Å². The first-order valence-corrected chi connectivity index (χ1v) is 12.0. The van der Waals surface area contributed by atoms with Crippen molar-refractivity contribution in [3.8, 4) is 22.6 Å². The van der Waals surface area contributed by atoms with Gasteiger partial charge in [-0.2, -0.15) is 4.31 Å². The van der Waals surface area contributed by atoms with E-state index in [2.05, 4.69) is 4.98 Å². The lowest BCUT2D eigenvalue weighted by molar-refractivity contribution is 0.0730. The Hall–Kier alpha value is -3.46. The van der Waals surface area contributed by atoms with Gasteiger partial charge in [0.15, 0.2) is 0 Å². The molecule has 1 saturated heterocycles. The Balaban J connectivity index is 1.53. The van der Waals surface area contributed by atoms with Crippen molar-refractivity contribution in [2.24, 2.45) is 0 Å². The molecule has 2 heterocycles. The second-order valence-electron chi connectivity index (χ2n) is 7.66. The molecule has 33 heavy (non-hydrogen) atoms. The quantitative estimate of drug-likeness (QED) is 0.484. The fraction of sp³-hybridized carbons (Fsp3) is 0.160. The van der Waals surface area contributed by atoms with Gasteiger partial charge in [0.1, 0.15) is 5.75 Å². The van der Waals surface area contributed by atoms with Gasteiger partial charge >= 0.3 is 0 Å². The molecule has 1 aliphatic rings. The summed E-state index contributed by atoms with van der Waals surface area (Å²) in [5, 5.41) is 0.852. The number of benzene rings is 3. The van der Waals surface area contributed by atoms with E-state index in [0.717, 1.165) is 10.9 Å². The van der Waals surface area contributed by atoms with Crippen LogP contribution in [0.2, 0.25) is 0 Å². The zero-order valence-electron chi connectivity index (χ0n) is 17.7. The maximum atomic E-state index is 13.0. The molecule has 8 heteroatoms. The van der Waals surface area contributed by atoms with Gasteiger partial charge in [-0.25, -0.2) is 8.42 Å². The zero-order valence-corrected chi connectivity index (χ0v) is 18.5. The first-order chi connectivity index (χ1) is 16.0. The van der Waals surface area contributed by atoms with Gasteiger partial charge in [0.25, 0.3) is 5.56 Å². The Morgan fingerprint density at radius 2 is 1.52 bits per heavy atom. The molecular weight excluding hydrogens is 440 g/mol. The lowest BCUT2D eigenvalue weighted by atomic mass is 10.0. The maximum Gasteiger partial charge on any atom is 0.292 e. The number of aromatic nitrogens is 1. The van der Waals surface area contributed by atoms with E-state index >= 15 is 0 Å². The number of ether oxygens (including phenoxy) is 2. The third-order valence-electron chi connectivity index (χ3n) is 5.59. The topological polar surface area (TPSA) is 88.7 Å². The minimum atomic E-state index is -3.61. The van der Waals surface area contributed by atoms with Gasteiger partial charge < -0.3 is 14.5 Å².